The molecule has 0 radical (unpaired) electrons. The lowest BCUT2D eigenvalue weighted by Gasteiger charge is -2.28. The molecule has 1 aliphatic carbocycles. The lowest BCUT2D eigenvalue weighted by Crippen LogP contribution is -2.46. The van der Waals surface area contributed by atoms with Crippen LogP contribution in [0.5, 0.6) is 0 Å². The van der Waals surface area contributed by atoms with Crippen molar-refractivity contribution in [3.63, 3.8) is 0 Å². The van der Waals surface area contributed by atoms with Gasteiger partial charge in [0.1, 0.15) is 6.04 Å². The first kappa shape index (κ1) is 15.4. The maximum absolute atomic E-state index is 11.4. The lowest BCUT2D eigenvalue weighted by molar-refractivity contribution is -0.144. The molecule has 0 amide bonds. The van der Waals surface area contributed by atoms with Gasteiger partial charge in [0.15, 0.2) is 0 Å². The van der Waals surface area contributed by atoms with Gasteiger partial charge in [-0.3, -0.25) is 9.69 Å². The number of carboxylic acid groups (broad SMARTS) is 1. The van der Waals surface area contributed by atoms with E-state index in [1.165, 1.54) is 0 Å². The third-order valence-corrected chi connectivity index (χ3v) is 3.17. The van der Waals surface area contributed by atoms with Gasteiger partial charge in [0, 0.05) is 26.3 Å². The van der Waals surface area contributed by atoms with Gasteiger partial charge in [-0.25, -0.2) is 0 Å². The van der Waals surface area contributed by atoms with Crippen molar-refractivity contribution < 1.29 is 19.4 Å². The number of nitrogens with zero attached hydrogens (tertiary/aromatic N) is 1. The molecular formula is C13H25NO4. The number of aliphatic carboxylic acids is 1. The summed E-state index contributed by atoms with van der Waals surface area (Å²) in [4.78, 5) is 13.4. The summed E-state index contributed by atoms with van der Waals surface area (Å²) in [5, 5.41) is 9.34. The zero-order valence-corrected chi connectivity index (χ0v) is 11.4. The molecule has 1 saturated carbocycles. The minimum absolute atomic E-state index is 0.311. The second-order valence-corrected chi connectivity index (χ2v) is 4.55. The number of hydrogen-bond acceptors (Lipinski definition) is 4. The fourth-order valence-corrected chi connectivity index (χ4v) is 2.11. The summed E-state index contributed by atoms with van der Waals surface area (Å²) in [5.74, 6) is -0.406. The molecule has 0 bridgehead atoms. The summed E-state index contributed by atoms with van der Waals surface area (Å²) in [6.45, 7) is 7.71. The standard InChI is InChI=1S/C13H25NO4/c1-3-17-9-7-14(8-10-18-4-2)12(13(15)16)11-5-6-11/h11-12H,3-10H2,1-2H3,(H,15,16). The summed E-state index contributed by atoms with van der Waals surface area (Å²) in [6, 6.07) is -0.370. The molecule has 0 spiro atoms. The van der Waals surface area contributed by atoms with Crippen LogP contribution in [0.3, 0.4) is 0 Å². The fraction of sp³-hybridized carbons (Fsp3) is 0.923. The van der Waals surface area contributed by atoms with E-state index in [1.807, 2.05) is 18.7 Å². The highest BCUT2D eigenvalue weighted by atomic mass is 16.5. The molecule has 0 aromatic rings. The van der Waals surface area contributed by atoms with Crippen LogP contribution in [0.25, 0.3) is 0 Å². The average Bonchev–Trinajstić information content (AvgIpc) is 3.13. The monoisotopic (exact) mass is 259 g/mol. The summed E-state index contributed by atoms with van der Waals surface area (Å²) in [7, 11) is 0. The van der Waals surface area contributed by atoms with Crippen molar-refractivity contribution in [2.45, 2.75) is 32.7 Å². The number of ether oxygens (including phenoxy) is 2. The predicted octanol–water partition coefficient (Wildman–Crippen LogP) is 1.22. The maximum Gasteiger partial charge on any atom is 0.321 e. The van der Waals surface area contributed by atoms with Gasteiger partial charge in [-0.05, 0) is 32.6 Å². The number of carboxylic acids is 1. The van der Waals surface area contributed by atoms with Gasteiger partial charge in [-0.15, -0.1) is 0 Å². The van der Waals surface area contributed by atoms with E-state index in [1.54, 1.807) is 0 Å². The Morgan fingerprint density at radius 2 is 1.72 bits per heavy atom. The van der Waals surface area contributed by atoms with Gasteiger partial charge < -0.3 is 14.6 Å². The van der Waals surface area contributed by atoms with Crippen molar-refractivity contribution in [1.29, 1.82) is 0 Å². The van der Waals surface area contributed by atoms with E-state index in [9.17, 15) is 9.90 Å². The van der Waals surface area contributed by atoms with Crippen LogP contribution in [-0.4, -0.2) is 61.5 Å². The molecule has 1 atom stereocenters. The number of hydrogen-bond donors (Lipinski definition) is 1. The molecule has 0 aliphatic heterocycles. The topological polar surface area (TPSA) is 59.0 Å². The Balaban J connectivity index is 2.46. The van der Waals surface area contributed by atoms with E-state index in [0.717, 1.165) is 12.8 Å². The summed E-state index contributed by atoms with van der Waals surface area (Å²) >= 11 is 0. The fourth-order valence-electron chi connectivity index (χ4n) is 2.11. The first-order valence-electron chi connectivity index (χ1n) is 6.83. The van der Waals surface area contributed by atoms with Crippen LogP contribution in [0.2, 0.25) is 0 Å². The lowest BCUT2D eigenvalue weighted by atomic mass is 10.1. The molecule has 0 aromatic carbocycles. The third kappa shape index (κ3) is 5.33. The zero-order chi connectivity index (χ0) is 13.4. The van der Waals surface area contributed by atoms with Crippen LogP contribution in [-0.2, 0) is 14.3 Å². The molecule has 18 heavy (non-hydrogen) atoms. The summed E-state index contributed by atoms with van der Waals surface area (Å²) in [6.07, 6.45) is 2.05. The zero-order valence-electron chi connectivity index (χ0n) is 11.4. The van der Waals surface area contributed by atoms with Gasteiger partial charge >= 0.3 is 5.97 Å². The first-order valence-corrected chi connectivity index (χ1v) is 6.83. The number of carbonyl (C=O) groups is 1. The van der Waals surface area contributed by atoms with Crippen molar-refractivity contribution in [2.75, 3.05) is 39.5 Å². The SMILES string of the molecule is CCOCCN(CCOCC)C(C(=O)O)C1CC1. The van der Waals surface area contributed by atoms with Gasteiger partial charge in [0.25, 0.3) is 0 Å². The van der Waals surface area contributed by atoms with Gasteiger partial charge in [-0.2, -0.15) is 0 Å². The molecule has 1 N–H and O–H groups in total. The van der Waals surface area contributed by atoms with Crippen molar-refractivity contribution >= 4 is 5.97 Å². The molecule has 5 nitrogen and oxygen atoms in total. The van der Waals surface area contributed by atoms with Crippen molar-refractivity contribution in [3.8, 4) is 0 Å². The van der Waals surface area contributed by atoms with E-state index in [2.05, 4.69) is 0 Å². The van der Waals surface area contributed by atoms with Crippen molar-refractivity contribution in [3.05, 3.63) is 0 Å². The van der Waals surface area contributed by atoms with E-state index in [0.29, 0.717) is 45.4 Å². The van der Waals surface area contributed by atoms with Gasteiger partial charge in [0.2, 0.25) is 0 Å². The highest BCUT2D eigenvalue weighted by Gasteiger charge is 2.39. The van der Waals surface area contributed by atoms with Crippen LogP contribution in [0, 0.1) is 5.92 Å². The third-order valence-electron chi connectivity index (χ3n) is 3.17. The van der Waals surface area contributed by atoms with Crippen LogP contribution in [0.1, 0.15) is 26.7 Å². The molecule has 106 valence electrons. The summed E-state index contributed by atoms with van der Waals surface area (Å²) in [5.41, 5.74) is 0. The smallest absolute Gasteiger partial charge is 0.321 e. The second kappa shape index (κ2) is 8.45. The Kier molecular flexibility index (Phi) is 7.23. The van der Waals surface area contributed by atoms with E-state index in [-0.39, 0.29) is 6.04 Å². The van der Waals surface area contributed by atoms with Crippen LogP contribution in [0.4, 0.5) is 0 Å². The summed E-state index contributed by atoms with van der Waals surface area (Å²) < 4.78 is 10.6. The van der Waals surface area contributed by atoms with Crippen molar-refractivity contribution in [2.24, 2.45) is 5.92 Å². The van der Waals surface area contributed by atoms with E-state index < -0.39 is 5.97 Å². The average molecular weight is 259 g/mol. The minimum atomic E-state index is -0.717. The predicted molar refractivity (Wildman–Crippen MR) is 68.7 cm³/mol. The molecule has 5 heteroatoms. The Bertz CT molecular complexity index is 233. The molecule has 1 fully saturated rings. The van der Waals surface area contributed by atoms with Gasteiger partial charge in [-0.1, -0.05) is 0 Å². The quantitative estimate of drug-likeness (QED) is 0.565. The van der Waals surface area contributed by atoms with Crippen molar-refractivity contribution in [1.82, 2.24) is 4.90 Å². The Hall–Kier alpha value is -0.650. The van der Waals surface area contributed by atoms with E-state index >= 15 is 0 Å². The molecule has 0 aromatic heterocycles. The highest BCUT2D eigenvalue weighted by molar-refractivity contribution is 5.74. The van der Waals surface area contributed by atoms with Crippen LogP contribution >= 0.6 is 0 Å². The Morgan fingerprint density at radius 1 is 1.22 bits per heavy atom. The minimum Gasteiger partial charge on any atom is -0.480 e. The first-order chi connectivity index (χ1) is 8.70. The molecule has 0 heterocycles. The number of rotatable bonds is 11. The molecular weight excluding hydrogens is 234 g/mol. The molecule has 1 rings (SSSR count). The van der Waals surface area contributed by atoms with E-state index in [4.69, 9.17) is 9.47 Å². The Morgan fingerprint density at radius 3 is 2.06 bits per heavy atom. The highest BCUT2D eigenvalue weighted by Crippen LogP contribution is 2.35. The molecule has 1 unspecified atom stereocenters. The largest absolute Gasteiger partial charge is 0.480 e. The normalized spacial score (nSPS) is 17.1. The van der Waals surface area contributed by atoms with Gasteiger partial charge in [0.05, 0.1) is 13.2 Å². The molecule has 1 aliphatic rings. The Labute approximate surface area is 109 Å². The van der Waals surface area contributed by atoms with Crippen LogP contribution in [0.15, 0.2) is 0 Å². The van der Waals surface area contributed by atoms with Crippen LogP contribution < -0.4 is 0 Å². The molecule has 0 saturated heterocycles. The second-order valence-electron chi connectivity index (χ2n) is 4.55. The maximum atomic E-state index is 11.4.